The van der Waals surface area contributed by atoms with E-state index in [1.807, 2.05) is 19.1 Å². The van der Waals surface area contributed by atoms with E-state index in [1.54, 1.807) is 31.2 Å². The monoisotopic (exact) mass is 433 g/mol. The Hall–Kier alpha value is -3.32. The minimum atomic E-state index is -0.329. The van der Waals surface area contributed by atoms with Crippen LogP contribution < -0.4 is 10.6 Å². The molecule has 0 bridgehead atoms. The Balaban J connectivity index is 1.69. The molecule has 0 spiro atoms. The number of fused-ring (bicyclic) bond motifs is 1. The van der Waals surface area contributed by atoms with Crippen molar-refractivity contribution in [1.82, 2.24) is 14.5 Å². The number of aromatic nitrogens is 3. The highest BCUT2D eigenvalue weighted by Crippen LogP contribution is 2.34. The van der Waals surface area contributed by atoms with Crippen LogP contribution in [0.1, 0.15) is 16.8 Å². The lowest BCUT2D eigenvalue weighted by atomic mass is 10.0. The zero-order chi connectivity index (χ0) is 22.4. The van der Waals surface area contributed by atoms with Crippen molar-refractivity contribution >= 4 is 17.0 Å². The van der Waals surface area contributed by atoms with Crippen LogP contribution in [0.15, 0.2) is 48.5 Å². The third-order valence-electron chi connectivity index (χ3n) is 6.11. The Morgan fingerprint density at radius 3 is 2.50 bits per heavy atom. The zero-order valence-corrected chi connectivity index (χ0v) is 18.1. The quantitative estimate of drug-likeness (QED) is 0.506. The smallest absolute Gasteiger partial charge is 0.206 e. The number of nitrogens with two attached hydrogens (primary N) is 1. The Kier molecular flexibility index (Phi) is 5.13. The van der Waals surface area contributed by atoms with Gasteiger partial charge in [0.05, 0.1) is 12.1 Å². The lowest BCUT2D eigenvalue weighted by molar-refractivity contribution is 0.409. The van der Waals surface area contributed by atoms with Crippen molar-refractivity contribution in [1.29, 1.82) is 0 Å². The van der Waals surface area contributed by atoms with Crippen LogP contribution in [-0.2, 0) is 6.54 Å². The highest BCUT2D eigenvalue weighted by Gasteiger charge is 2.30. The van der Waals surface area contributed by atoms with Gasteiger partial charge < -0.3 is 15.2 Å². The minimum Gasteiger partial charge on any atom is -0.341 e. The van der Waals surface area contributed by atoms with Crippen LogP contribution >= 0.6 is 0 Å². The van der Waals surface area contributed by atoms with Crippen LogP contribution in [0.5, 0.6) is 0 Å². The van der Waals surface area contributed by atoms with Gasteiger partial charge in [0.25, 0.3) is 0 Å². The summed E-state index contributed by atoms with van der Waals surface area (Å²) in [5.41, 5.74) is 10.7. The molecule has 0 amide bonds. The number of pyridine rings is 1. The molecule has 0 aliphatic carbocycles. The molecule has 1 aliphatic rings. The molecule has 0 saturated carbocycles. The molecule has 5 rings (SSSR count). The first kappa shape index (κ1) is 20.6. The molecule has 1 aliphatic heterocycles. The highest BCUT2D eigenvalue weighted by molar-refractivity contribution is 5.92. The van der Waals surface area contributed by atoms with Gasteiger partial charge in [0.1, 0.15) is 22.8 Å². The number of aryl methyl sites for hydroxylation is 2. The lowest BCUT2D eigenvalue weighted by Crippen LogP contribution is -2.51. The van der Waals surface area contributed by atoms with Crippen molar-refractivity contribution in [2.75, 3.05) is 24.5 Å². The molecule has 5 nitrogen and oxygen atoms in total. The second kappa shape index (κ2) is 7.98. The van der Waals surface area contributed by atoms with Crippen LogP contribution in [-0.4, -0.2) is 34.2 Å². The Morgan fingerprint density at radius 1 is 1.00 bits per heavy atom. The molecular formula is C25H25F2N5. The summed E-state index contributed by atoms with van der Waals surface area (Å²) in [5, 5.41) is 0. The minimum absolute atomic E-state index is 0.222. The van der Waals surface area contributed by atoms with Crippen molar-refractivity contribution in [3.8, 4) is 11.3 Å². The van der Waals surface area contributed by atoms with Gasteiger partial charge in [0.2, 0.25) is 5.95 Å². The molecule has 164 valence electrons. The molecule has 3 heterocycles. The fourth-order valence-corrected chi connectivity index (χ4v) is 4.34. The Labute approximate surface area is 185 Å². The van der Waals surface area contributed by atoms with E-state index in [2.05, 4.69) is 14.5 Å². The van der Waals surface area contributed by atoms with Gasteiger partial charge in [0, 0.05) is 30.3 Å². The van der Waals surface area contributed by atoms with Gasteiger partial charge in [-0.1, -0.05) is 24.3 Å². The summed E-state index contributed by atoms with van der Waals surface area (Å²) in [4.78, 5) is 11.8. The molecular weight excluding hydrogens is 408 g/mol. The first-order valence-corrected chi connectivity index (χ1v) is 10.8. The number of rotatable bonds is 5. The molecule has 1 fully saturated rings. The summed E-state index contributed by atoms with van der Waals surface area (Å²) in [6.45, 7) is 6.47. The van der Waals surface area contributed by atoms with Crippen LogP contribution in [0.3, 0.4) is 0 Å². The number of hydrogen-bond donors (Lipinski definition) is 1. The topological polar surface area (TPSA) is 60.0 Å². The molecule has 1 saturated heterocycles. The van der Waals surface area contributed by atoms with E-state index >= 15 is 0 Å². The van der Waals surface area contributed by atoms with E-state index in [0.29, 0.717) is 41.3 Å². The molecule has 0 unspecified atom stereocenters. The predicted molar refractivity (Wildman–Crippen MR) is 123 cm³/mol. The second-order valence-corrected chi connectivity index (χ2v) is 8.55. The number of benzene rings is 2. The summed E-state index contributed by atoms with van der Waals surface area (Å²) in [6.07, 6.45) is 0. The van der Waals surface area contributed by atoms with Gasteiger partial charge >= 0.3 is 0 Å². The summed E-state index contributed by atoms with van der Waals surface area (Å²) in [6, 6.07) is 13.8. The number of anilines is 1. The summed E-state index contributed by atoms with van der Waals surface area (Å²) >= 11 is 0. The summed E-state index contributed by atoms with van der Waals surface area (Å²) in [7, 11) is 0. The maximum atomic E-state index is 14.7. The van der Waals surface area contributed by atoms with E-state index in [-0.39, 0.29) is 11.6 Å². The molecule has 0 radical (unpaired) electrons. The SMILES string of the molecule is Cc1cc2c(nc(N3CC(CN)C3)n2Cc2ccc(F)c(C)c2)c(-c2ccccc2F)n1. The fourth-order valence-electron chi connectivity index (χ4n) is 4.34. The fraction of sp³-hybridized carbons (Fsp3) is 0.280. The van der Waals surface area contributed by atoms with Crippen LogP contribution in [0.25, 0.3) is 22.3 Å². The molecule has 2 N–H and O–H groups in total. The molecule has 32 heavy (non-hydrogen) atoms. The zero-order valence-electron chi connectivity index (χ0n) is 18.1. The molecule has 2 aromatic carbocycles. The summed E-state index contributed by atoms with van der Waals surface area (Å²) < 4.78 is 30.6. The Bertz CT molecular complexity index is 1310. The average molecular weight is 434 g/mol. The predicted octanol–water partition coefficient (Wildman–Crippen LogP) is 4.44. The average Bonchev–Trinajstić information content (AvgIpc) is 3.08. The van der Waals surface area contributed by atoms with Crippen LogP contribution in [0, 0.1) is 31.4 Å². The van der Waals surface area contributed by atoms with Gasteiger partial charge in [-0.2, -0.15) is 0 Å². The van der Waals surface area contributed by atoms with Crippen LogP contribution in [0.2, 0.25) is 0 Å². The maximum Gasteiger partial charge on any atom is 0.206 e. The maximum absolute atomic E-state index is 14.7. The molecule has 7 heteroatoms. The first-order valence-electron chi connectivity index (χ1n) is 10.8. The number of halogens is 2. The van der Waals surface area contributed by atoms with Crippen molar-refractivity contribution in [2.24, 2.45) is 11.7 Å². The third-order valence-corrected chi connectivity index (χ3v) is 6.11. The first-order chi connectivity index (χ1) is 15.4. The van der Waals surface area contributed by atoms with Crippen LogP contribution in [0.4, 0.5) is 14.7 Å². The van der Waals surface area contributed by atoms with Gasteiger partial charge in [0.15, 0.2) is 0 Å². The van der Waals surface area contributed by atoms with Gasteiger partial charge in [-0.3, -0.25) is 4.98 Å². The molecule has 0 atom stereocenters. The number of hydrogen-bond acceptors (Lipinski definition) is 4. The largest absolute Gasteiger partial charge is 0.341 e. The second-order valence-electron chi connectivity index (χ2n) is 8.55. The number of nitrogens with zero attached hydrogens (tertiary/aromatic N) is 4. The van der Waals surface area contributed by atoms with E-state index < -0.39 is 0 Å². The highest BCUT2D eigenvalue weighted by atomic mass is 19.1. The van der Waals surface area contributed by atoms with Gasteiger partial charge in [-0.25, -0.2) is 13.8 Å². The molecule has 2 aromatic heterocycles. The third kappa shape index (κ3) is 3.52. The van der Waals surface area contributed by atoms with E-state index in [0.717, 1.165) is 35.8 Å². The van der Waals surface area contributed by atoms with Crippen molar-refractivity contribution in [2.45, 2.75) is 20.4 Å². The van der Waals surface area contributed by atoms with Crippen molar-refractivity contribution in [3.05, 3.63) is 77.0 Å². The normalized spacial score (nSPS) is 14.2. The van der Waals surface area contributed by atoms with E-state index in [4.69, 9.17) is 10.7 Å². The van der Waals surface area contributed by atoms with Gasteiger partial charge in [-0.05, 0) is 55.8 Å². The summed E-state index contributed by atoms with van der Waals surface area (Å²) in [5.74, 6) is 0.683. The van der Waals surface area contributed by atoms with E-state index in [1.165, 1.54) is 12.1 Å². The molecule has 4 aromatic rings. The lowest BCUT2D eigenvalue weighted by Gasteiger charge is -2.39. The Morgan fingerprint density at radius 2 is 1.78 bits per heavy atom. The van der Waals surface area contributed by atoms with Crippen molar-refractivity contribution in [3.63, 3.8) is 0 Å². The van der Waals surface area contributed by atoms with E-state index in [9.17, 15) is 8.78 Å². The van der Waals surface area contributed by atoms with Crippen molar-refractivity contribution < 1.29 is 8.78 Å². The number of imidazole rings is 1. The van der Waals surface area contributed by atoms with Gasteiger partial charge in [-0.15, -0.1) is 0 Å². The standard InChI is InChI=1S/C25H25F2N5/c1-15-9-17(7-8-20(15)26)14-32-22-10-16(2)29-23(19-5-3-4-6-21(19)27)24(22)30-25(32)31-12-18(11-28)13-31/h3-10,18H,11-14,28H2,1-2H3.